The second-order valence-corrected chi connectivity index (χ2v) is 4.96. The first-order chi connectivity index (χ1) is 9.65. The van der Waals surface area contributed by atoms with E-state index in [0.717, 1.165) is 19.3 Å². The van der Waals surface area contributed by atoms with Crippen molar-refractivity contribution >= 4 is 5.97 Å². The average Bonchev–Trinajstić information content (AvgIpc) is 2.86. The third kappa shape index (κ3) is 3.25. The number of nitrogens with zero attached hydrogens (tertiary/aromatic N) is 2. The highest BCUT2D eigenvalue weighted by atomic mass is 16.5. The van der Waals surface area contributed by atoms with E-state index in [4.69, 9.17) is 15.2 Å². The minimum Gasteiger partial charge on any atom is -0.462 e. The van der Waals surface area contributed by atoms with Crippen molar-refractivity contribution in [2.75, 3.05) is 13.2 Å². The average molecular weight is 279 g/mol. The van der Waals surface area contributed by atoms with E-state index in [1.165, 1.54) is 6.20 Å². The number of hydrogen-bond acceptors (Lipinski definition) is 6. The maximum absolute atomic E-state index is 11.7. The molecule has 20 heavy (non-hydrogen) atoms. The maximum atomic E-state index is 11.7. The van der Waals surface area contributed by atoms with E-state index < -0.39 is 5.97 Å². The molecule has 2 unspecified atom stereocenters. The smallest absolute Gasteiger partial charge is 0.341 e. The summed E-state index contributed by atoms with van der Waals surface area (Å²) in [6.07, 6.45) is 4.72. The van der Waals surface area contributed by atoms with Crippen LogP contribution in [0.15, 0.2) is 6.20 Å². The van der Waals surface area contributed by atoms with Crippen LogP contribution >= 0.6 is 0 Å². The molecular weight excluding hydrogens is 258 g/mol. The van der Waals surface area contributed by atoms with Crippen molar-refractivity contribution in [3.8, 4) is 6.01 Å². The molecule has 0 aliphatic heterocycles. The lowest BCUT2D eigenvalue weighted by Crippen LogP contribution is -2.28. The summed E-state index contributed by atoms with van der Waals surface area (Å²) >= 11 is 0. The van der Waals surface area contributed by atoms with Crippen LogP contribution in [0.5, 0.6) is 6.01 Å². The van der Waals surface area contributed by atoms with Crippen molar-refractivity contribution in [2.24, 2.45) is 11.7 Å². The summed E-state index contributed by atoms with van der Waals surface area (Å²) in [6, 6.07) is 0.306. The maximum Gasteiger partial charge on any atom is 0.341 e. The highest BCUT2D eigenvalue weighted by molar-refractivity contribution is 5.90. The molecule has 2 rings (SSSR count). The van der Waals surface area contributed by atoms with Gasteiger partial charge in [0, 0.05) is 12.1 Å². The van der Waals surface area contributed by atoms with Gasteiger partial charge in [0.15, 0.2) is 0 Å². The number of ether oxygens (including phenoxy) is 2. The molecule has 110 valence electrons. The summed E-state index contributed by atoms with van der Waals surface area (Å²) in [7, 11) is 0. The van der Waals surface area contributed by atoms with E-state index in [-0.39, 0.29) is 6.10 Å². The summed E-state index contributed by atoms with van der Waals surface area (Å²) in [5.74, 6) is -0.0408. The lowest BCUT2D eigenvalue weighted by Gasteiger charge is -2.18. The predicted molar refractivity (Wildman–Crippen MR) is 73.5 cm³/mol. The van der Waals surface area contributed by atoms with E-state index >= 15 is 0 Å². The Morgan fingerprint density at radius 3 is 2.95 bits per heavy atom. The van der Waals surface area contributed by atoms with Crippen molar-refractivity contribution in [3.63, 3.8) is 0 Å². The second-order valence-electron chi connectivity index (χ2n) is 4.96. The quantitative estimate of drug-likeness (QED) is 0.821. The number of rotatable bonds is 5. The molecule has 2 N–H and O–H groups in total. The largest absolute Gasteiger partial charge is 0.462 e. The minimum absolute atomic E-state index is 0.0767. The van der Waals surface area contributed by atoms with Gasteiger partial charge in [-0.1, -0.05) is 0 Å². The van der Waals surface area contributed by atoms with Crippen molar-refractivity contribution in [3.05, 3.63) is 17.5 Å². The molecule has 6 nitrogen and oxygen atoms in total. The molecule has 1 aromatic rings. The van der Waals surface area contributed by atoms with Crippen LogP contribution in [0.25, 0.3) is 0 Å². The van der Waals surface area contributed by atoms with Crippen LogP contribution in [-0.4, -0.2) is 35.2 Å². The fourth-order valence-corrected chi connectivity index (χ4v) is 2.47. The van der Waals surface area contributed by atoms with Gasteiger partial charge in [0.25, 0.3) is 0 Å². The standard InChI is InChI=1S/C14H21N3O3/c1-3-19-13(18)11-8-16-14(17-9(11)2)20-12-6-4-5-10(12)7-15/h8,10,12H,3-7,15H2,1-2H3. The molecule has 0 radical (unpaired) electrons. The minimum atomic E-state index is -0.405. The van der Waals surface area contributed by atoms with Gasteiger partial charge >= 0.3 is 12.0 Å². The Morgan fingerprint density at radius 1 is 1.50 bits per heavy atom. The van der Waals surface area contributed by atoms with E-state index in [1.54, 1.807) is 13.8 Å². The summed E-state index contributed by atoms with van der Waals surface area (Å²) in [4.78, 5) is 20.0. The number of hydrogen-bond donors (Lipinski definition) is 1. The molecule has 1 aliphatic carbocycles. The number of esters is 1. The number of aromatic nitrogens is 2. The molecule has 1 fully saturated rings. The third-order valence-electron chi connectivity index (χ3n) is 3.60. The first kappa shape index (κ1) is 14.7. The topological polar surface area (TPSA) is 87.3 Å². The van der Waals surface area contributed by atoms with Crippen molar-refractivity contribution in [1.82, 2.24) is 9.97 Å². The molecular formula is C14H21N3O3. The number of carbonyl (C=O) groups is 1. The molecule has 1 aliphatic rings. The van der Waals surface area contributed by atoms with Gasteiger partial charge < -0.3 is 15.2 Å². The molecule has 0 spiro atoms. The SMILES string of the molecule is CCOC(=O)c1cnc(OC2CCCC2CN)nc1C. The first-order valence-electron chi connectivity index (χ1n) is 7.03. The zero-order chi connectivity index (χ0) is 14.5. The summed E-state index contributed by atoms with van der Waals surface area (Å²) in [6.45, 7) is 4.45. The monoisotopic (exact) mass is 279 g/mol. The van der Waals surface area contributed by atoms with Crippen LogP contribution < -0.4 is 10.5 Å². The lowest BCUT2D eigenvalue weighted by atomic mass is 10.1. The van der Waals surface area contributed by atoms with Gasteiger partial charge in [-0.25, -0.2) is 9.78 Å². The van der Waals surface area contributed by atoms with Crippen LogP contribution in [0.4, 0.5) is 0 Å². The van der Waals surface area contributed by atoms with Crippen LogP contribution in [0, 0.1) is 12.8 Å². The zero-order valence-corrected chi connectivity index (χ0v) is 12.0. The molecule has 2 atom stereocenters. The highest BCUT2D eigenvalue weighted by Gasteiger charge is 2.28. The summed E-state index contributed by atoms with van der Waals surface area (Å²) < 4.78 is 10.7. The van der Waals surface area contributed by atoms with Crippen LogP contribution in [0.1, 0.15) is 42.2 Å². The zero-order valence-electron chi connectivity index (χ0n) is 12.0. The molecule has 1 heterocycles. The van der Waals surface area contributed by atoms with Gasteiger partial charge in [0.1, 0.15) is 6.10 Å². The van der Waals surface area contributed by atoms with Crippen molar-refractivity contribution in [1.29, 1.82) is 0 Å². The second kappa shape index (κ2) is 6.65. The van der Waals surface area contributed by atoms with E-state index in [0.29, 0.717) is 36.3 Å². The van der Waals surface area contributed by atoms with Gasteiger partial charge in [-0.3, -0.25) is 0 Å². The van der Waals surface area contributed by atoms with Crippen LogP contribution in [-0.2, 0) is 4.74 Å². The Hall–Kier alpha value is -1.69. The third-order valence-corrected chi connectivity index (χ3v) is 3.60. The molecule has 0 saturated heterocycles. The molecule has 6 heteroatoms. The highest BCUT2D eigenvalue weighted by Crippen LogP contribution is 2.28. The molecule has 1 aromatic heterocycles. The Balaban J connectivity index is 2.07. The number of carbonyl (C=O) groups excluding carboxylic acids is 1. The van der Waals surface area contributed by atoms with Gasteiger partial charge in [-0.2, -0.15) is 4.98 Å². The van der Waals surface area contributed by atoms with Crippen molar-refractivity contribution < 1.29 is 14.3 Å². The van der Waals surface area contributed by atoms with E-state index in [2.05, 4.69) is 9.97 Å². The Morgan fingerprint density at radius 2 is 2.30 bits per heavy atom. The number of nitrogens with two attached hydrogens (primary N) is 1. The summed E-state index contributed by atoms with van der Waals surface area (Å²) in [5.41, 5.74) is 6.66. The fraction of sp³-hybridized carbons (Fsp3) is 0.643. The fourth-order valence-electron chi connectivity index (χ4n) is 2.47. The normalized spacial score (nSPS) is 21.8. The first-order valence-corrected chi connectivity index (χ1v) is 7.03. The molecule has 0 aromatic carbocycles. The Bertz CT molecular complexity index is 479. The van der Waals surface area contributed by atoms with E-state index in [9.17, 15) is 4.79 Å². The number of aryl methyl sites for hydroxylation is 1. The molecule has 1 saturated carbocycles. The Labute approximate surface area is 118 Å². The van der Waals surface area contributed by atoms with Crippen molar-refractivity contribution in [2.45, 2.75) is 39.2 Å². The molecule has 0 bridgehead atoms. The van der Waals surface area contributed by atoms with Gasteiger partial charge in [-0.05, 0) is 39.7 Å². The Kier molecular flexibility index (Phi) is 4.89. The van der Waals surface area contributed by atoms with Crippen LogP contribution in [0.3, 0.4) is 0 Å². The predicted octanol–water partition coefficient (Wildman–Crippen LogP) is 1.47. The van der Waals surface area contributed by atoms with Gasteiger partial charge in [0.05, 0.1) is 17.9 Å². The lowest BCUT2D eigenvalue weighted by molar-refractivity contribution is 0.0524. The van der Waals surface area contributed by atoms with Gasteiger partial charge in [0.2, 0.25) is 0 Å². The molecule has 0 amide bonds. The van der Waals surface area contributed by atoms with E-state index in [1.807, 2.05) is 0 Å². The van der Waals surface area contributed by atoms with Crippen LogP contribution in [0.2, 0.25) is 0 Å². The summed E-state index contributed by atoms with van der Waals surface area (Å²) in [5, 5.41) is 0. The van der Waals surface area contributed by atoms with Gasteiger partial charge in [-0.15, -0.1) is 0 Å².